The molecule has 2 heterocycles. The number of hydrogen-bond donors (Lipinski definition) is 1. The van der Waals surface area contributed by atoms with Crippen LogP contribution in [-0.4, -0.2) is 20.9 Å². The van der Waals surface area contributed by atoms with Crippen molar-refractivity contribution in [2.75, 3.05) is 5.32 Å². The second-order valence-electron chi connectivity index (χ2n) is 6.67. The van der Waals surface area contributed by atoms with Crippen LogP contribution in [0.15, 0.2) is 73.2 Å². The van der Waals surface area contributed by atoms with Crippen LogP contribution in [-0.2, 0) is 0 Å². The molecule has 148 valence electrons. The van der Waals surface area contributed by atoms with E-state index in [4.69, 9.17) is 0 Å². The largest absolute Gasteiger partial charge is 0.322 e. The number of anilines is 1. The van der Waals surface area contributed by atoms with Gasteiger partial charge in [0.2, 0.25) is 0 Å². The number of carbonyl (C=O) groups is 1. The Morgan fingerprint density at radius 3 is 2.23 bits per heavy atom. The van der Waals surface area contributed by atoms with Crippen LogP contribution in [0.4, 0.5) is 14.5 Å². The summed E-state index contributed by atoms with van der Waals surface area (Å²) >= 11 is 0. The smallest absolute Gasteiger partial charge is 0.259 e. The zero-order chi connectivity index (χ0) is 21.1. The van der Waals surface area contributed by atoms with E-state index in [-0.39, 0.29) is 11.3 Å². The number of carbonyl (C=O) groups excluding carboxylic acids is 1. The number of nitrogens with one attached hydrogen (secondary N) is 1. The summed E-state index contributed by atoms with van der Waals surface area (Å²) in [6.07, 6.45) is 4.59. The fourth-order valence-corrected chi connectivity index (χ4v) is 2.94. The number of aryl methyl sites for hydroxylation is 1. The number of benzene rings is 2. The fraction of sp³-hybridized carbons (Fsp3) is 0.0435. The van der Waals surface area contributed by atoms with Gasteiger partial charge < -0.3 is 5.32 Å². The molecule has 5 nitrogen and oxygen atoms in total. The van der Waals surface area contributed by atoms with Crippen molar-refractivity contribution in [2.45, 2.75) is 6.92 Å². The molecule has 0 bridgehead atoms. The van der Waals surface area contributed by atoms with Gasteiger partial charge in [-0.1, -0.05) is 29.8 Å². The molecule has 0 aliphatic heterocycles. The monoisotopic (exact) mass is 402 g/mol. The Hall–Kier alpha value is -4.00. The molecule has 0 atom stereocenters. The van der Waals surface area contributed by atoms with E-state index in [0.717, 1.165) is 29.3 Å². The summed E-state index contributed by atoms with van der Waals surface area (Å²) < 4.78 is 26.9. The lowest BCUT2D eigenvalue weighted by Gasteiger charge is -2.11. The van der Waals surface area contributed by atoms with Crippen LogP contribution in [0.2, 0.25) is 0 Å². The van der Waals surface area contributed by atoms with Gasteiger partial charge in [0.05, 0.1) is 11.3 Å². The SMILES string of the molecule is Cc1ccc(-c2ncc(C(=O)Nc3cc(F)cc(F)c3)c(-c3ccncc3)n2)cc1. The third kappa shape index (κ3) is 4.20. The molecule has 1 amide bonds. The summed E-state index contributed by atoms with van der Waals surface area (Å²) in [7, 11) is 0. The molecule has 2 aromatic carbocycles. The zero-order valence-corrected chi connectivity index (χ0v) is 15.9. The highest BCUT2D eigenvalue weighted by Gasteiger charge is 2.18. The summed E-state index contributed by atoms with van der Waals surface area (Å²) in [5, 5.41) is 2.50. The Bertz CT molecular complexity index is 1190. The van der Waals surface area contributed by atoms with Crippen molar-refractivity contribution in [3.8, 4) is 22.6 Å². The summed E-state index contributed by atoms with van der Waals surface area (Å²) in [6.45, 7) is 1.98. The standard InChI is InChI=1S/C23H16F2N4O/c1-14-2-4-16(5-3-14)22-27-13-20(21(29-22)15-6-8-26-9-7-15)23(30)28-19-11-17(24)10-18(25)12-19/h2-13H,1H3,(H,28,30). The summed E-state index contributed by atoms with van der Waals surface area (Å²) in [6, 6.07) is 13.9. The Morgan fingerprint density at radius 1 is 0.900 bits per heavy atom. The molecule has 30 heavy (non-hydrogen) atoms. The Labute approximate surface area is 171 Å². The Balaban J connectivity index is 1.76. The molecule has 4 aromatic rings. The average molecular weight is 402 g/mol. The first-order valence-corrected chi connectivity index (χ1v) is 9.11. The molecule has 0 saturated heterocycles. The fourth-order valence-electron chi connectivity index (χ4n) is 2.94. The van der Waals surface area contributed by atoms with Gasteiger partial charge in [0.1, 0.15) is 11.6 Å². The Kier molecular flexibility index (Phi) is 5.26. The lowest BCUT2D eigenvalue weighted by molar-refractivity contribution is 0.102. The van der Waals surface area contributed by atoms with E-state index in [1.807, 2.05) is 31.2 Å². The zero-order valence-electron chi connectivity index (χ0n) is 15.9. The van der Waals surface area contributed by atoms with Crippen molar-refractivity contribution in [1.82, 2.24) is 15.0 Å². The number of pyridine rings is 1. The lowest BCUT2D eigenvalue weighted by Crippen LogP contribution is -2.15. The van der Waals surface area contributed by atoms with Gasteiger partial charge in [-0.3, -0.25) is 9.78 Å². The second-order valence-corrected chi connectivity index (χ2v) is 6.67. The highest BCUT2D eigenvalue weighted by Crippen LogP contribution is 2.25. The first-order chi connectivity index (χ1) is 14.5. The summed E-state index contributed by atoms with van der Waals surface area (Å²) in [4.78, 5) is 25.8. The third-order valence-corrected chi connectivity index (χ3v) is 4.42. The predicted octanol–water partition coefficient (Wildman–Crippen LogP) is 5.04. The van der Waals surface area contributed by atoms with E-state index in [9.17, 15) is 13.6 Å². The average Bonchev–Trinajstić information content (AvgIpc) is 2.74. The minimum Gasteiger partial charge on any atom is -0.322 e. The lowest BCUT2D eigenvalue weighted by atomic mass is 10.1. The number of halogens is 2. The van der Waals surface area contributed by atoms with Gasteiger partial charge >= 0.3 is 0 Å². The number of nitrogens with zero attached hydrogens (tertiary/aromatic N) is 3. The predicted molar refractivity (Wildman–Crippen MR) is 110 cm³/mol. The van der Waals surface area contributed by atoms with Crippen molar-refractivity contribution in [3.63, 3.8) is 0 Å². The molecule has 0 aliphatic carbocycles. The van der Waals surface area contributed by atoms with Gasteiger partial charge in [-0.15, -0.1) is 0 Å². The van der Waals surface area contributed by atoms with E-state index in [2.05, 4.69) is 20.3 Å². The second kappa shape index (κ2) is 8.16. The number of aromatic nitrogens is 3. The minimum absolute atomic E-state index is 0.000731. The van der Waals surface area contributed by atoms with E-state index in [0.29, 0.717) is 17.1 Å². The van der Waals surface area contributed by atoms with Crippen LogP contribution in [0.3, 0.4) is 0 Å². The quantitative estimate of drug-likeness (QED) is 0.519. The summed E-state index contributed by atoms with van der Waals surface area (Å²) in [5.74, 6) is -1.70. The topological polar surface area (TPSA) is 67.8 Å². The van der Waals surface area contributed by atoms with E-state index in [1.165, 1.54) is 6.20 Å². The van der Waals surface area contributed by atoms with Gasteiger partial charge in [-0.25, -0.2) is 18.7 Å². The van der Waals surface area contributed by atoms with Crippen LogP contribution in [0.5, 0.6) is 0 Å². The molecule has 7 heteroatoms. The van der Waals surface area contributed by atoms with Crippen LogP contribution >= 0.6 is 0 Å². The highest BCUT2D eigenvalue weighted by atomic mass is 19.1. The maximum absolute atomic E-state index is 13.5. The molecule has 0 spiro atoms. The molecular formula is C23H16F2N4O. The van der Waals surface area contributed by atoms with Gasteiger partial charge in [0, 0.05) is 41.5 Å². The number of rotatable bonds is 4. The van der Waals surface area contributed by atoms with Gasteiger partial charge in [0.15, 0.2) is 5.82 Å². The van der Waals surface area contributed by atoms with Crippen LogP contribution in [0.1, 0.15) is 15.9 Å². The van der Waals surface area contributed by atoms with Gasteiger partial charge in [-0.2, -0.15) is 0 Å². The van der Waals surface area contributed by atoms with Crippen molar-refractivity contribution in [3.05, 3.63) is 95.9 Å². The molecule has 0 unspecified atom stereocenters. The molecule has 2 aromatic heterocycles. The van der Waals surface area contributed by atoms with E-state index in [1.54, 1.807) is 24.5 Å². The molecule has 0 aliphatic rings. The van der Waals surface area contributed by atoms with Gasteiger partial charge in [0.25, 0.3) is 5.91 Å². The highest BCUT2D eigenvalue weighted by molar-refractivity contribution is 6.08. The minimum atomic E-state index is -0.786. The first kappa shape index (κ1) is 19.3. The van der Waals surface area contributed by atoms with Crippen molar-refractivity contribution in [1.29, 1.82) is 0 Å². The van der Waals surface area contributed by atoms with Crippen molar-refractivity contribution >= 4 is 11.6 Å². The molecular weight excluding hydrogens is 386 g/mol. The van der Waals surface area contributed by atoms with E-state index < -0.39 is 17.5 Å². The third-order valence-electron chi connectivity index (χ3n) is 4.42. The molecule has 1 N–H and O–H groups in total. The van der Waals surface area contributed by atoms with Crippen LogP contribution in [0.25, 0.3) is 22.6 Å². The van der Waals surface area contributed by atoms with Crippen LogP contribution in [0, 0.1) is 18.6 Å². The summed E-state index contributed by atoms with van der Waals surface area (Å²) in [5.41, 5.74) is 3.12. The molecule has 4 rings (SSSR count). The molecule has 0 radical (unpaired) electrons. The van der Waals surface area contributed by atoms with Crippen molar-refractivity contribution in [2.24, 2.45) is 0 Å². The molecule has 0 saturated carbocycles. The molecule has 0 fully saturated rings. The van der Waals surface area contributed by atoms with E-state index >= 15 is 0 Å². The van der Waals surface area contributed by atoms with Crippen molar-refractivity contribution < 1.29 is 13.6 Å². The normalized spacial score (nSPS) is 10.6. The van der Waals surface area contributed by atoms with Gasteiger partial charge in [-0.05, 0) is 31.2 Å². The first-order valence-electron chi connectivity index (χ1n) is 9.11. The Morgan fingerprint density at radius 2 is 1.57 bits per heavy atom. The van der Waals surface area contributed by atoms with Crippen LogP contribution < -0.4 is 5.32 Å². The number of amides is 1. The number of hydrogen-bond acceptors (Lipinski definition) is 4. The maximum atomic E-state index is 13.5. The maximum Gasteiger partial charge on any atom is 0.259 e.